The summed E-state index contributed by atoms with van der Waals surface area (Å²) >= 11 is 1.25. The number of hydrogen-bond acceptors (Lipinski definition) is 6. The molecule has 0 atom stereocenters. The van der Waals surface area contributed by atoms with Crippen molar-refractivity contribution < 1.29 is 9.53 Å². The van der Waals surface area contributed by atoms with E-state index in [1.165, 1.54) is 24.6 Å². The number of esters is 1. The Balaban J connectivity index is 2.18. The Kier molecular flexibility index (Phi) is 3.57. The SMILES string of the molecule is COC(=O)c1cnc(Nc2ccc(C)nc2C)s1. The van der Waals surface area contributed by atoms with E-state index in [2.05, 4.69) is 20.0 Å². The molecule has 0 aliphatic carbocycles. The highest BCUT2D eigenvalue weighted by Gasteiger charge is 2.11. The number of methoxy groups -OCH3 is 1. The van der Waals surface area contributed by atoms with Crippen molar-refractivity contribution in [1.82, 2.24) is 9.97 Å². The van der Waals surface area contributed by atoms with Crippen LogP contribution in [0.15, 0.2) is 18.3 Å². The quantitative estimate of drug-likeness (QED) is 0.862. The van der Waals surface area contributed by atoms with E-state index in [1.807, 2.05) is 26.0 Å². The second-order valence-corrected chi connectivity index (χ2v) is 4.76. The van der Waals surface area contributed by atoms with Crippen LogP contribution in [0.3, 0.4) is 0 Å². The number of hydrogen-bond donors (Lipinski definition) is 1. The van der Waals surface area contributed by atoms with Crippen molar-refractivity contribution in [1.29, 1.82) is 0 Å². The number of aryl methyl sites for hydroxylation is 2. The molecule has 2 aromatic heterocycles. The molecule has 18 heavy (non-hydrogen) atoms. The molecule has 0 spiro atoms. The molecule has 0 saturated heterocycles. The van der Waals surface area contributed by atoms with E-state index in [4.69, 9.17) is 0 Å². The molecule has 0 amide bonds. The third-order valence-corrected chi connectivity index (χ3v) is 3.25. The van der Waals surface area contributed by atoms with Crippen LogP contribution in [0.4, 0.5) is 10.8 Å². The molecule has 2 rings (SSSR count). The molecule has 0 aliphatic heterocycles. The molecule has 0 unspecified atom stereocenters. The smallest absolute Gasteiger partial charge is 0.349 e. The molecule has 0 aromatic carbocycles. The molecule has 0 bridgehead atoms. The third-order valence-electron chi connectivity index (χ3n) is 2.36. The number of rotatable bonds is 3. The number of aromatic nitrogens is 2. The number of pyridine rings is 1. The Morgan fingerprint density at radius 2 is 2.17 bits per heavy atom. The average Bonchev–Trinajstić information content (AvgIpc) is 2.80. The molecule has 2 heterocycles. The van der Waals surface area contributed by atoms with E-state index < -0.39 is 0 Å². The van der Waals surface area contributed by atoms with E-state index >= 15 is 0 Å². The first-order chi connectivity index (χ1) is 8.60. The minimum Gasteiger partial charge on any atom is -0.465 e. The summed E-state index contributed by atoms with van der Waals surface area (Å²) in [5.41, 5.74) is 2.74. The van der Waals surface area contributed by atoms with Crippen LogP contribution in [0, 0.1) is 13.8 Å². The minimum absolute atomic E-state index is 0.376. The Bertz CT molecular complexity index is 580. The second kappa shape index (κ2) is 5.14. The van der Waals surface area contributed by atoms with Gasteiger partial charge in [-0.2, -0.15) is 0 Å². The third kappa shape index (κ3) is 2.65. The van der Waals surface area contributed by atoms with Crippen LogP contribution in [0.1, 0.15) is 21.1 Å². The maximum absolute atomic E-state index is 11.3. The fraction of sp³-hybridized carbons (Fsp3) is 0.250. The molecular formula is C12H13N3O2S. The molecule has 0 saturated carbocycles. The van der Waals surface area contributed by atoms with Crippen molar-refractivity contribution in [2.75, 3.05) is 12.4 Å². The van der Waals surface area contributed by atoms with Crippen LogP contribution in [0.2, 0.25) is 0 Å². The number of carbonyl (C=O) groups is 1. The van der Waals surface area contributed by atoms with Crippen LogP contribution >= 0.6 is 11.3 Å². The minimum atomic E-state index is -0.376. The number of thiazole rings is 1. The molecule has 0 aliphatic rings. The lowest BCUT2D eigenvalue weighted by Gasteiger charge is -2.06. The molecule has 5 nitrogen and oxygen atoms in total. The van der Waals surface area contributed by atoms with Gasteiger partial charge in [0, 0.05) is 5.69 Å². The summed E-state index contributed by atoms with van der Waals surface area (Å²) in [6.45, 7) is 3.86. The summed E-state index contributed by atoms with van der Waals surface area (Å²) in [5.74, 6) is -0.376. The molecular weight excluding hydrogens is 250 g/mol. The van der Waals surface area contributed by atoms with Gasteiger partial charge in [0.2, 0.25) is 0 Å². The summed E-state index contributed by atoms with van der Waals surface area (Å²) in [4.78, 5) is 20.2. The number of ether oxygens (including phenoxy) is 1. The lowest BCUT2D eigenvalue weighted by atomic mass is 10.3. The van der Waals surface area contributed by atoms with E-state index in [-0.39, 0.29) is 5.97 Å². The lowest BCUT2D eigenvalue weighted by Crippen LogP contribution is -1.97. The van der Waals surface area contributed by atoms with Crippen molar-refractivity contribution in [3.8, 4) is 0 Å². The summed E-state index contributed by atoms with van der Waals surface area (Å²) in [6, 6.07) is 3.86. The predicted molar refractivity (Wildman–Crippen MR) is 70.4 cm³/mol. The first-order valence-corrected chi connectivity index (χ1v) is 6.17. The van der Waals surface area contributed by atoms with Crippen molar-refractivity contribution in [3.05, 3.63) is 34.6 Å². The van der Waals surface area contributed by atoms with E-state index in [1.54, 1.807) is 0 Å². The summed E-state index contributed by atoms with van der Waals surface area (Å²) in [6.07, 6.45) is 1.50. The molecule has 1 N–H and O–H groups in total. The Morgan fingerprint density at radius 3 is 2.83 bits per heavy atom. The van der Waals surface area contributed by atoms with Gasteiger partial charge in [-0.3, -0.25) is 4.98 Å². The zero-order valence-electron chi connectivity index (χ0n) is 10.4. The average molecular weight is 263 g/mol. The Morgan fingerprint density at radius 1 is 1.39 bits per heavy atom. The van der Waals surface area contributed by atoms with Gasteiger partial charge >= 0.3 is 5.97 Å². The van der Waals surface area contributed by atoms with Gasteiger partial charge in [0.15, 0.2) is 5.13 Å². The van der Waals surface area contributed by atoms with Crippen molar-refractivity contribution in [2.45, 2.75) is 13.8 Å². The highest BCUT2D eigenvalue weighted by Crippen LogP contribution is 2.24. The lowest BCUT2D eigenvalue weighted by molar-refractivity contribution is 0.0606. The molecule has 2 aromatic rings. The van der Waals surface area contributed by atoms with E-state index in [0.29, 0.717) is 10.0 Å². The topological polar surface area (TPSA) is 64.1 Å². The fourth-order valence-corrected chi connectivity index (χ4v) is 2.21. The molecule has 0 radical (unpaired) electrons. The molecule has 6 heteroatoms. The van der Waals surface area contributed by atoms with Gasteiger partial charge < -0.3 is 10.1 Å². The largest absolute Gasteiger partial charge is 0.465 e. The Hall–Kier alpha value is -1.95. The van der Waals surface area contributed by atoms with Gasteiger partial charge in [0.25, 0.3) is 0 Å². The summed E-state index contributed by atoms with van der Waals surface area (Å²) < 4.78 is 4.63. The Labute approximate surface area is 109 Å². The van der Waals surface area contributed by atoms with Crippen LogP contribution in [0.25, 0.3) is 0 Å². The first-order valence-electron chi connectivity index (χ1n) is 5.35. The zero-order valence-corrected chi connectivity index (χ0v) is 11.2. The monoisotopic (exact) mass is 263 g/mol. The number of nitrogens with zero attached hydrogens (tertiary/aromatic N) is 2. The molecule has 94 valence electrons. The normalized spacial score (nSPS) is 10.2. The molecule has 0 fully saturated rings. The predicted octanol–water partition coefficient (Wildman–Crippen LogP) is 2.69. The highest BCUT2D eigenvalue weighted by atomic mass is 32.1. The fourth-order valence-electron chi connectivity index (χ4n) is 1.46. The summed E-state index contributed by atoms with van der Waals surface area (Å²) in [5, 5.41) is 3.78. The van der Waals surface area contributed by atoms with Gasteiger partial charge in [-0.25, -0.2) is 9.78 Å². The van der Waals surface area contributed by atoms with Gasteiger partial charge in [-0.05, 0) is 26.0 Å². The van der Waals surface area contributed by atoms with E-state index in [0.717, 1.165) is 17.1 Å². The van der Waals surface area contributed by atoms with Crippen LogP contribution in [-0.4, -0.2) is 23.0 Å². The van der Waals surface area contributed by atoms with Gasteiger partial charge in [0.05, 0.1) is 24.7 Å². The van der Waals surface area contributed by atoms with Crippen LogP contribution < -0.4 is 5.32 Å². The van der Waals surface area contributed by atoms with Crippen LogP contribution in [-0.2, 0) is 4.74 Å². The van der Waals surface area contributed by atoms with Gasteiger partial charge in [-0.1, -0.05) is 11.3 Å². The first kappa shape index (κ1) is 12.5. The maximum atomic E-state index is 11.3. The number of nitrogens with one attached hydrogen (secondary N) is 1. The van der Waals surface area contributed by atoms with E-state index in [9.17, 15) is 4.79 Å². The standard InChI is InChI=1S/C12H13N3O2S/c1-7-4-5-9(8(2)14-7)15-12-13-6-10(18-12)11(16)17-3/h4-6H,1-3H3,(H,13,15). The van der Waals surface area contributed by atoms with Crippen molar-refractivity contribution >= 4 is 28.1 Å². The van der Waals surface area contributed by atoms with Crippen LogP contribution in [0.5, 0.6) is 0 Å². The van der Waals surface area contributed by atoms with Gasteiger partial charge in [-0.15, -0.1) is 0 Å². The van der Waals surface area contributed by atoms with Gasteiger partial charge in [0.1, 0.15) is 4.88 Å². The van der Waals surface area contributed by atoms with Crippen molar-refractivity contribution in [3.63, 3.8) is 0 Å². The number of anilines is 2. The maximum Gasteiger partial charge on any atom is 0.349 e. The number of carbonyl (C=O) groups excluding carboxylic acids is 1. The summed E-state index contributed by atoms with van der Waals surface area (Å²) in [7, 11) is 1.35. The second-order valence-electron chi connectivity index (χ2n) is 3.73. The van der Waals surface area contributed by atoms with Crippen molar-refractivity contribution in [2.24, 2.45) is 0 Å². The highest BCUT2D eigenvalue weighted by molar-refractivity contribution is 7.17. The zero-order chi connectivity index (χ0) is 13.1.